The summed E-state index contributed by atoms with van der Waals surface area (Å²) >= 11 is 1.54. The number of hydrogen-bond acceptors (Lipinski definition) is 5. The van der Waals surface area contributed by atoms with Crippen molar-refractivity contribution in [3.05, 3.63) is 15.8 Å². The van der Waals surface area contributed by atoms with Crippen LogP contribution >= 0.6 is 11.3 Å². The van der Waals surface area contributed by atoms with Crippen LogP contribution in [0.2, 0.25) is 0 Å². The maximum atomic E-state index is 12.7. The number of nitrogens with zero attached hydrogens (tertiary/aromatic N) is 1. The fourth-order valence-corrected chi connectivity index (χ4v) is 5.23. The van der Waals surface area contributed by atoms with E-state index in [9.17, 15) is 8.42 Å². The first-order valence-electron chi connectivity index (χ1n) is 7.33. The van der Waals surface area contributed by atoms with Gasteiger partial charge in [0.15, 0.2) is 0 Å². The number of rotatable bonds is 7. The van der Waals surface area contributed by atoms with Gasteiger partial charge < -0.3 is 10.1 Å². The lowest BCUT2D eigenvalue weighted by molar-refractivity contribution is 0.0979. The highest BCUT2D eigenvalue weighted by Crippen LogP contribution is 2.28. The summed E-state index contributed by atoms with van der Waals surface area (Å²) in [7, 11) is -1.79. The minimum atomic E-state index is -3.43. The molecule has 1 saturated heterocycles. The van der Waals surface area contributed by atoms with Gasteiger partial charge in [0.1, 0.15) is 0 Å². The van der Waals surface area contributed by atoms with Crippen LogP contribution in [0.4, 0.5) is 0 Å². The van der Waals surface area contributed by atoms with Gasteiger partial charge >= 0.3 is 0 Å². The molecule has 0 bridgehead atoms. The second kappa shape index (κ2) is 7.19. The Morgan fingerprint density at radius 2 is 2.29 bits per heavy atom. The number of likely N-dealkylation sites (N-methyl/N-ethyl adjacent to an activating group) is 1. The maximum absolute atomic E-state index is 12.7. The Morgan fingerprint density at radius 3 is 2.90 bits per heavy atom. The molecule has 5 nitrogen and oxygen atoms in total. The number of thiophene rings is 1. The van der Waals surface area contributed by atoms with Gasteiger partial charge in [-0.2, -0.15) is 4.31 Å². The molecule has 120 valence electrons. The van der Waals surface area contributed by atoms with Gasteiger partial charge in [0.05, 0.1) is 11.0 Å². The highest BCUT2D eigenvalue weighted by Gasteiger charge is 2.28. The number of sulfonamides is 1. The van der Waals surface area contributed by atoms with E-state index in [4.69, 9.17) is 4.74 Å². The molecule has 2 heterocycles. The lowest BCUT2D eigenvalue weighted by Crippen LogP contribution is -2.34. The van der Waals surface area contributed by atoms with Gasteiger partial charge in [-0.05, 0) is 32.4 Å². The Balaban J connectivity index is 2.12. The molecule has 0 aromatic carbocycles. The minimum Gasteiger partial charge on any atom is -0.377 e. The van der Waals surface area contributed by atoms with Crippen LogP contribution in [-0.4, -0.2) is 45.6 Å². The molecule has 1 unspecified atom stereocenters. The fraction of sp³-hybridized carbons (Fsp3) is 0.714. The molecule has 1 aromatic rings. The molecule has 0 radical (unpaired) electrons. The lowest BCUT2D eigenvalue weighted by Gasteiger charge is -2.20. The van der Waals surface area contributed by atoms with E-state index in [0.29, 0.717) is 18.0 Å². The molecule has 1 N–H and O–H groups in total. The highest BCUT2D eigenvalue weighted by molar-refractivity contribution is 7.89. The predicted octanol–water partition coefficient (Wildman–Crippen LogP) is 1.97. The van der Waals surface area contributed by atoms with Crippen LogP contribution in [0.25, 0.3) is 0 Å². The molecule has 1 aliphatic heterocycles. The first kappa shape index (κ1) is 16.9. The second-order valence-electron chi connectivity index (χ2n) is 5.33. The molecule has 1 atom stereocenters. The fourth-order valence-electron chi connectivity index (χ4n) is 2.46. The van der Waals surface area contributed by atoms with Gasteiger partial charge in [0.2, 0.25) is 10.0 Å². The molecule has 0 aliphatic carbocycles. The third-order valence-electron chi connectivity index (χ3n) is 3.65. The number of hydrogen-bond donors (Lipinski definition) is 1. The van der Waals surface area contributed by atoms with Gasteiger partial charge in [-0.15, -0.1) is 11.3 Å². The zero-order chi connectivity index (χ0) is 15.5. The SMILES string of the molecule is CCNCc1cc(S(=O)(=O)N(C)CC2CCCO2)c(C)s1. The van der Waals surface area contributed by atoms with Crippen molar-refractivity contribution in [2.45, 2.75) is 44.2 Å². The first-order chi connectivity index (χ1) is 9.95. The van der Waals surface area contributed by atoms with Crippen LogP contribution in [0.15, 0.2) is 11.0 Å². The molecule has 2 rings (SSSR count). The smallest absolute Gasteiger partial charge is 0.244 e. The molecule has 1 aromatic heterocycles. The molecular formula is C14H24N2O3S2. The van der Waals surface area contributed by atoms with Crippen LogP contribution in [0.5, 0.6) is 0 Å². The van der Waals surface area contributed by atoms with Gasteiger partial charge in [-0.3, -0.25) is 0 Å². The third kappa shape index (κ3) is 4.04. The summed E-state index contributed by atoms with van der Waals surface area (Å²) in [5.41, 5.74) is 0. The van der Waals surface area contributed by atoms with Crippen molar-refractivity contribution < 1.29 is 13.2 Å². The van der Waals surface area contributed by atoms with Crippen LogP contribution in [0.1, 0.15) is 29.5 Å². The van der Waals surface area contributed by atoms with E-state index in [1.165, 1.54) is 4.31 Å². The van der Waals surface area contributed by atoms with Crippen molar-refractivity contribution in [1.82, 2.24) is 9.62 Å². The van der Waals surface area contributed by atoms with Crippen LogP contribution in [0.3, 0.4) is 0 Å². The molecule has 1 fully saturated rings. The Bertz CT molecular complexity index is 563. The Morgan fingerprint density at radius 1 is 1.52 bits per heavy atom. The molecule has 7 heteroatoms. The van der Waals surface area contributed by atoms with Gasteiger partial charge in [0, 0.05) is 36.5 Å². The Labute approximate surface area is 131 Å². The largest absolute Gasteiger partial charge is 0.377 e. The van der Waals surface area contributed by atoms with Crippen molar-refractivity contribution in [2.75, 3.05) is 26.7 Å². The van der Waals surface area contributed by atoms with Crippen molar-refractivity contribution in [3.63, 3.8) is 0 Å². The summed E-state index contributed by atoms with van der Waals surface area (Å²) < 4.78 is 32.3. The quantitative estimate of drug-likeness (QED) is 0.829. The molecule has 0 saturated carbocycles. The zero-order valence-electron chi connectivity index (χ0n) is 12.9. The zero-order valence-corrected chi connectivity index (χ0v) is 14.5. The van der Waals surface area contributed by atoms with Crippen molar-refractivity contribution in [2.24, 2.45) is 0 Å². The van der Waals surface area contributed by atoms with E-state index < -0.39 is 10.0 Å². The van der Waals surface area contributed by atoms with Crippen molar-refractivity contribution in [3.8, 4) is 0 Å². The minimum absolute atomic E-state index is 0.0324. The van der Waals surface area contributed by atoms with Crippen molar-refractivity contribution in [1.29, 1.82) is 0 Å². The summed E-state index contributed by atoms with van der Waals surface area (Å²) in [6.45, 7) is 6.66. The summed E-state index contributed by atoms with van der Waals surface area (Å²) in [4.78, 5) is 2.33. The predicted molar refractivity (Wildman–Crippen MR) is 85.2 cm³/mol. The summed E-state index contributed by atoms with van der Waals surface area (Å²) in [5, 5.41) is 3.23. The summed E-state index contributed by atoms with van der Waals surface area (Å²) in [6, 6.07) is 1.80. The van der Waals surface area contributed by atoms with Gasteiger partial charge in [-0.25, -0.2) is 8.42 Å². The molecule has 0 spiro atoms. The second-order valence-corrected chi connectivity index (χ2v) is 8.69. The standard InChI is InChI=1S/C14H24N2O3S2/c1-4-15-9-13-8-14(11(2)20-13)21(17,18)16(3)10-12-6-5-7-19-12/h8,12,15H,4-7,9-10H2,1-3H3. The van der Waals surface area contributed by atoms with Crippen LogP contribution in [0, 0.1) is 6.92 Å². The lowest BCUT2D eigenvalue weighted by atomic mass is 10.2. The van der Waals surface area contributed by atoms with E-state index in [2.05, 4.69) is 5.32 Å². The summed E-state index contributed by atoms with van der Waals surface area (Å²) in [5.74, 6) is 0. The molecule has 0 amide bonds. The number of aryl methyl sites for hydroxylation is 1. The van der Waals surface area contributed by atoms with E-state index in [-0.39, 0.29) is 6.10 Å². The topological polar surface area (TPSA) is 58.6 Å². The van der Waals surface area contributed by atoms with Crippen LogP contribution < -0.4 is 5.32 Å². The molecular weight excluding hydrogens is 308 g/mol. The Kier molecular flexibility index (Phi) is 5.79. The highest BCUT2D eigenvalue weighted by atomic mass is 32.2. The molecule has 21 heavy (non-hydrogen) atoms. The monoisotopic (exact) mass is 332 g/mol. The number of ether oxygens (including phenoxy) is 1. The maximum Gasteiger partial charge on any atom is 0.244 e. The van der Waals surface area contributed by atoms with Crippen molar-refractivity contribution >= 4 is 21.4 Å². The van der Waals surface area contributed by atoms with Gasteiger partial charge in [-0.1, -0.05) is 6.92 Å². The average Bonchev–Trinajstić information content (AvgIpc) is 3.06. The van der Waals surface area contributed by atoms with E-state index in [0.717, 1.165) is 35.7 Å². The third-order valence-corrected chi connectivity index (χ3v) is 6.77. The number of nitrogens with one attached hydrogen (secondary N) is 1. The summed E-state index contributed by atoms with van der Waals surface area (Å²) in [6.07, 6.45) is 1.99. The van der Waals surface area contributed by atoms with Crippen LogP contribution in [-0.2, 0) is 21.3 Å². The van der Waals surface area contributed by atoms with E-state index >= 15 is 0 Å². The normalized spacial score (nSPS) is 19.5. The molecule has 1 aliphatic rings. The van der Waals surface area contributed by atoms with Gasteiger partial charge in [0.25, 0.3) is 0 Å². The van der Waals surface area contributed by atoms with E-state index in [1.807, 2.05) is 13.8 Å². The average molecular weight is 332 g/mol. The van der Waals surface area contributed by atoms with E-state index in [1.54, 1.807) is 24.5 Å². The first-order valence-corrected chi connectivity index (χ1v) is 9.58. The Hall–Kier alpha value is -0.470.